The van der Waals surface area contributed by atoms with Crippen molar-refractivity contribution in [3.63, 3.8) is 0 Å². The van der Waals surface area contributed by atoms with Crippen molar-refractivity contribution in [2.24, 2.45) is 0 Å². The summed E-state index contributed by atoms with van der Waals surface area (Å²) in [5.41, 5.74) is -0.285. The van der Waals surface area contributed by atoms with Crippen molar-refractivity contribution in [3.05, 3.63) is 68.7 Å². The summed E-state index contributed by atoms with van der Waals surface area (Å²) in [6.45, 7) is 0.282. The number of carbonyl (C=O) groups excluding carboxylic acids is 1. The molecule has 0 unspecified atom stereocenters. The fraction of sp³-hybridized carbons (Fsp3) is 0.389. The van der Waals surface area contributed by atoms with Gasteiger partial charge in [-0.15, -0.1) is 0 Å². The van der Waals surface area contributed by atoms with Crippen molar-refractivity contribution in [1.82, 2.24) is 14.9 Å². The van der Waals surface area contributed by atoms with Gasteiger partial charge in [-0.1, -0.05) is 25.0 Å². The quantitative estimate of drug-likeness (QED) is 0.857. The van der Waals surface area contributed by atoms with Gasteiger partial charge in [-0.05, 0) is 30.5 Å². The third kappa shape index (κ3) is 3.87. The van der Waals surface area contributed by atoms with Crippen LogP contribution in [-0.2, 0) is 16.8 Å². The second-order valence-corrected chi connectivity index (χ2v) is 6.51. The zero-order valence-corrected chi connectivity index (χ0v) is 13.8. The van der Waals surface area contributed by atoms with E-state index >= 15 is 0 Å². The van der Waals surface area contributed by atoms with E-state index in [9.17, 15) is 18.8 Å². The molecule has 6 nitrogen and oxygen atoms in total. The Kier molecular flexibility index (Phi) is 4.83. The Morgan fingerprint density at radius 1 is 1.16 bits per heavy atom. The molecule has 0 aliphatic heterocycles. The monoisotopic (exact) mass is 345 g/mol. The number of nitrogens with zero attached hydrogens (tertiary/aromatic N) is 1. The second-order valence-electron chi connectivity index (χ2n) is 6.51. The molecule has 25 heavy (non-hydrogen) atoms. The number of halogens is 1. The second kappa shape index (κ2) is 7.04. The summed E-state index contributed by atoms with van der Waals surface area (Å²) in [5, 5.41) is 2.88. The van der Waals surface area contributed by atoms with Gasteiger partial charge in [0.15, 0.2) is 0 Å². The summed E-state index contributed by atoms with van der Waals surface area (Å²) in [5.74, 6) is -0.582. The van der Waals surface area contributed by atoms with Crippen LogP contribution in [0.1, 0.15) is 31.2 Å². The number of amides is 1. The van der Waals surface area contributed by atoms with Crippen LogP contribution in [-0.4, -0.2) is 22.0 Å². The summed E-state index contributed by atoms with van der Waals surface area (Å²) < 4.78 is 14.3. The Morgan fingerprint density at radius 3 is 2.48 bits per heavy atom. The van der Waals surface area contributed by atoms with Crippen LogP contribution in [0.25, 0.3) is 0 Å². The molecule has 1 saturated carbocycles. The highest BCUT2D eigenvalue weighted by atomic mass is 19.1. The minimum atomic E-state index is -0.614. The summed E-state index contributed by atoms with van der Waals surface area (Å²) in [6.07, 6.45) is 5.28. The lowest BCUT2D eigenvalue weighted by atomic mass is 9.79. The van der Waals surface area contributed by atoms with Crippen LogP contribution in [0.2, 0.25) is 0 Å². The Bertz CT molecular complexity index is 864. The fourth-order valence-corrected chi connectivity index (χ4v) is 3.47. The first-order valence-electron chi connectivity index (χ1n) is 8.31. The molecular weight excluding hydrogens is 325 g/mol. The van der Waals surface area contributed by atoms with Crippen LogP contribution in [0.15, 0.2) is 46.1 Å². The Hall–Kier alpha value is -2.70. The molecule has 0 spiro atoms. The molecule has 7 heteroatoms. The average Bonchev–Trinajstić information content (AvgIpc) is 3.06. The van der Waals surface area contributed by atoms with E-state index in [0.717, 1.165) is 35.8 Å². The van der Waals surface area contributed by atoms with Gasteiger partial charge in [0.05, 0.1) is 0 Å². The molecular formula is C18H20FN3O3. The molecule has 1 heterocycles. The topological polar surface area (TPSA) is 84.0 Å². The van der Waals surface area contributed by atoms with Crippen molar-refractivity contribution in [2.45, 2.75) is 37.6 Å². The standard InChI is InChI=1S/C18H20FN3O3/c19-14-5-3-13(4-6-14)18(8-1-2-9-18)12-20-16(24)11-22-10-7-15(23)21-17(22)25/h3-7,10H,1-2,8-9,11-12H2,(H,20,24)(H,21,23,25). The van der Waals surface area contributed by atoms with Crippen LogP contribution >= 0.6 is 0 Å². The molecule has 2 N–H and O–H groups in total. The van der Waals surface area contributed by atoms with Gasteiger partial charge in [-0.3, -0.25) is 19.1 Å². The van der Waals surface area contributed by atoms with Gasteiger partial charge in [0.2, 0.25) is 5.91 Å². The molecule has 1 amide bonds. The first-order chi connectivity index (χ1) is 12.0. The predicted molar refractivity (Wildman–Crippen MR) is 90.9 cm³/mol. The number of nitrogens with one attached hydrogen (secondary N) is 2. The van der Waals surface area contributed by atoms with Gasteiger partial charge in [-0.25, -0.2) is 9.18 Å². The number of hydrogen-bond acceptors (Lipinski definition) is 3. The van der Waals surface area contributed by atoms with E-state index in [2.05, 4.69) is 10.3 Å². The van der Waals surface area contributed by atoms with E-state index in [1.54, 1.807) is 12.1 Å². The maximum atomic E-state index is 13.2. The molecule has 1 fully saturated rings. The van der Waals surface area contributed by atoms with Gasteiger partial charge in [0.25, 0.3) is 5.56 Å². The van der Waals surface area contributed by atoms with E-state index in [1.165, 1.54) is 24.4 Å². The molecule has 3 rings (SSSR count). The SMILES string of the molecule is O=C(Cn1ccc(=O)[nH]c1=O)NCC1(c2ccc(F)cc2)CCCC1. The van der Waals surface area contributed by atoms with E-state index < -0.39 is 11.2 Å². The van der Waals surface area contributed by atoms with Crippen molar-refractivity contribution >= 4 is 5.91 Å². The lowest BCUT2D eigenvalue weighted by Gasteiger charge is -2.30. The number of aromatic amines is 1. The first-order valence-corrected chi connectivity index (χ1v) is 8.31. The van der Waals surface area contributed by atoms with Crippen molar-refractivity contribution in [3.8, 4) is 0 Å². The predicted octanol–water partition coefficient (Wildman–Crippen LogP) is 1.30. The van der Waals surface area contributed by atoms with Gasteiger partial charge < -0.3 is 5.32 Å². The third-order valence-corrected chi connectivity index (χ3v) is 4.85. The van der Waals surface area contributed by atoms with Crippen LogP contribution in [0.5, 0.6) is 0 Å². The first kappa shape index (κ1) is 17.1. The van der Waals surface area contributed by atoms with Crippen molar-refractivity contribution in [2.75, 3.05) is 6.54 Å². The minimum absolute atomic E-state index is 0.158. The van der Waals surface area contributed by atoms with E-state index in [0.29, 0.717) is 6.54 Å². The molecule has 0 radical (unpaired) electrons. The highest BCUT2D eigenvalue weighted by Crippen LogP contribution is 2.40. The van der Waals surface area contributed by atoms with Crippen LogP contribution in [0.4, 0.5) is 4.39 Å². The third-order valence-electron chi connectivity index (χ3n) is 4.85. The zero-order chi connectivity index (χ0) is 17.9. The maximum Gasteiger partial charge on any atom is 0.328 e. The van der Waals surface area contributed by atoms with Crippen LogP contribution in [0.3, 0.4) is 0 Å². The molecule has 1 aromatic heterocycles. The van der Waals surface area contributed by atoms with Gasteiger partial charge in [0, 0.05) is 24.2 Å². The van der Waals surface area contributed by atoms with Crippen LogP contribution in [0, 0.1) is 5.82 Å². The molecule has 0 bridgehead atoms. The molecule has 132 valence electrons. The van der Waals surface area contributed by atoms with Gasteiger partial charge in [-0.2, -0.15) is 0 Å². The highest BCUT2D eigenvalue weighted by molar-refractivity contribution is 5.75. The molecule has 1 aromatic carbocycles. The van der Waals surface area contributed by atoms with Crippen molar-refractivity contribution in [1.29, 1.82) is 0 Å². The summed E-state index contributed by atoms with van der Waals surface area (Å²) >= 11 is 0. The highest BCUT2D eigenvalue weighted by Gasteiger charge is 2.35. The van der Waals surface area contributed by atoms with Crippen molar-refractivity contribution < 1.29 is 9.18 Å². The van der Waals surface area contributed by atoms with E-state index in [4.69, 9.17) is 0 Å². The molecule has 2 aromatic rings. The molecule has 1 aliphatic rings. The number of H-pyrrole nitrogens is 1. The maximum absolute atomic E-state index is 13.2. The van der Waals surface area contributed by atoms with Crippen LogP contribution < -0.4 is 16.6 Å². The molecule has 0 saturated heterocycles. The largest absolute Gasteiger partial charge is 0.354 e. The fourth-order valence-electron chi connectivity index (χ4n) is 3.47. The number of hydrogen-bond donors (Lipinski definition) is 2. The summed E-state index contributed by atoms with van der Waals surface area (Å²) in [6, 6.07) is 7.64. The number of aromatic nitrogens is 2. The Morgan fingerprint density at radius 2 is 1.84 bits per heavy atom. The lowest BCUT2D eigenvalue weighted by molar-refractivity contribution is -0.122. The Balaban J connectivity index is 1.69. The smallest absolute Gasteiger partial charge is 0.328 e. The normalized spacial score (nSPS) is 15.9. The molecule has 1 aliphatic carbocycles. The number of carbonyl (C=O) groups is 1. The van der Waals surface area contributed by atoms with E-state index in [1.807, 2.05) is 0 Å². The zero-order valence-electron chi connectivity index (χ0n) is 13.8. The minimum Gasteiger partial charge on any atom is -0.354 e. The molecule has 0 atom stereocenters. The summed E-state index contributed by atoms with van der Waals surface area (Å²) in [4.78, 5) is 37.0. The van der Waals surface area contributed by atoms with E-state index in [-0.39, 0.29) is 23.7 Å². The average molecular weight is 345 g/mol. The number of benzene rings is 1. The van der Waals surface area contributed by atoms with Gasteiger partial charge in [0.1, 0.15) is 12.4 Å². The van der Waals surface area contributed by atoms with Gasteiger partial charge >= 0.3 is 5.69 Å². The Labute approximate surface area is 143 Å². The lowest BCUT2D eigenvalue weighted by Crippen LogP contribution is -2.42. The summed E-state index contributed by atoms with van der Waals surface area (Å²) in [7, 11) is 0. The number of rotatable bonds is 5.